The Bertz CT molecular complexity index is 1370. The van der Waals surface area contributed by atoms with Gasteiger partial charge in [0.15, 0.2) is 5.69 Å². The van der Waals surface area contributed by atoms with Crippen molar-refractivity contribution < 1.29 is 13.5 Å². The van der Waals surface area contributed by atoms with Crippen molar-refractivity contribution in [1.29, 1.82) is 0 Å². The fourth-order valence-electron chi connectivity index (χ4n) is 4.35. The number of unbranched alkanes of at least 4 members (excludes halogenated alkanes) is 5. The van der Waals surface area contributed by atoms with Crippen LogP contribution < -0.4 is 5.56 Å². The van der Waals surface area contributed by atoms with Crippen LogP contribution >= 0.6 is 0 Å². The molecule has 3 rings (SSSR count). The average molecular weight is 516 g/mol. The summed E-state index contributed by atoms with van der Waals surface area (Å²) in [5.74, 6) is -0.316. The summed E-state index contributed by atoms with van der Waals surface area (Å²) in [7, 11) is -3.82. The number of hydrogen-bond acceptors (Lipinski definition) is 6. The lowest BCUT2D eigenvalue weighted by molar-refractivity contribution is 0.443. The summed E-state index contributed by atoms with van der Waals surface area (Å²) in [6, 6.07) is 8.05. The van der Waals surface area contributed by atoms with Crippen molar-refractivity contribution in [1.82, 2.24) is 14.1 Å². The normalized spacial score (nSPS) is 12.4. The molecule has 0 unspecified atom stereocenters. The van der Waals surface area contributed by atoms with E-state index in [1.807, 2.05) is 0 Å². The molecule has 0 amide bonds. The third kappa shape index (κ3) is 5.87. The molecule has 0 bridgehead atoms. The number of nitrogens with zero attached hydrogens (tertiary/aromatic N) is 4. The second-order valence-corrected chi connectivity index (χ2v) is 10.8. The Balaban J connectivity index is 1.93. The Morgan fingerprint density at radius 3 is 2.22 bits per heavy atom. The summed E-state index contributed by atoms with van der Waals surface area (Å²) in [6.45, 7) is 8.68. The number of aromatic hydroxyl groups is 1. The van der Waals surface area contributed by atoms with Crippen molar-refractivity contribution in [3.05, 3.63) is 46.4 Å². The van der Waals surface area contributed by atoms with Gasteiger partial charge < -0.3 is 5.11 Å². The van der Waals surface area contributed by atoms with E-state index in [0.717, 1.165) is 19.3 Å². The minimum atomic E-state index is -3.82. The van der Waals surface area contributed by atoms with Crippen LogP contribution in [0.25, 0.3) is 10.8 Å². The molecule has 2 N–H and O–H groups in total. The SMILES string of the molecule is CCCCCCCCn1[nH]c(C)c(N=Nc2c(O)cc(S(=O)(=O)N(CC)CC)c3ccccc23)c1=O. The third-order valence-electron chi connectivity index (χ3n) is 6.37. The van der Waals surface area contributed by atoms with Gasteiger partial charge in [0.2, 0.25) is 10.0 Å². The molecule has 0 aliphatic rings. The Kier molecular flexibility index (Phi) is 9.44. The molecule has 0 radical (unpaired) electrons. The number of H-pyrrole nitrogens is 1. The molecule has 10 heteroatoms. The third-order valence-corrected chi connectivity index (χ3v) is 8.46. The van der Waals surface area contributed by atoms with Gasteiger partial charge in [0.25, 0.3) is 5.56 Å². The Labute approximate surface area is 212 Å². The molecule has 0 fully saturated rings. The number of aromatic amines is 1. The van der Waals surface area contributed by atoms with Crippen molar-refractivity contribution in [3.8, 4) is 5.75 Å². The molecule has 0 saturated heterocycles. The molecule has 0 spiro atoms. The molecule has 196 valence electrons. The van der Waals surface area contributed by atoms with Gasteiger partial charge in [-0.25, -0.2) is 8.42 Å². The van der Waals surface area contributed by atoms with Crippen molar-refractivity contribution in [2.45, 2.75) is 77.7 Å². The summed E-state index contributed by atoms with van der Waals surface area (Å²) in [5.41, 5.74) is 0.601. The van der Waals surface area contributed by atoms with E-state index in [2.05, 4.69) is 22.3 Å². The highest BCUT2D eigenvalue weighted by Gasteiger charge is 2.26. The first-order valence-corrected chi connectivity index (χ1v) is 14.2. The summed E-state index contributed by atoms with van der Waals surface area (Å²) in [6.07, 6.45) is 6.75. The molecule has 0 aliphatic carbocycles. The minimum absolute atomic E-state index is 0.0115. The Hall–Kier alpha value is -2.98. The highest BCUT2D eigenvalue weighted by atomic mass is 32.2. The van der Waals surface area contributed by atoms with E-state index in [-0.39, 0.29) is 27.6 Å². The van der Waals surface area contributed by atoms with E-state index >= 15 is 0 Å². The first-order valence-electron chi connectivity index (χ1n) is 12.7. The maximum atomic E-state index is 13.2. The Morgan fingerprint density at radius 2 is 1.56 bits per heavy atom. The number of aromatic nitrogens is 2. The number of phenolic OH excluding ortho intramolecular Hbond substituents is 1. The zero-order valence-electron chi connectivity index (χ0n) is 21.6. The zero-order valence-corrected chi connectivity index (χ0v) is 22.4. The number of sulfonamides is 1. The van der Waals surface area contributed by atoms with Gasteiger partial charge in [-0.2, -0.15) is 4.31 Å². The van der Waals surface area contributed by atoms with Crippen LogP contribution in [0.3, 0.4) is 0 Å². The lowest BCUT2D eigenvalue weighted by atomic mass is 10.1. The first-order chi connectivity index (χ1) is 17.3. The molecule has 1 heterocycles. The highest BCUT2D eigenvalue weighted by Crippen LogP contribution is 2.40. The maximum Gasteiger partial charge on any atom is 0.294 e. The number of fused-ring (bicyclic) bond motifs is 1. The van der Waals surface area contributed by atoms with Gasteiger partial charge in [0.05, 0.1) is 10.6 Å². The number of hydrogen-bond donors (Lipinski definition) is 2. The summed E-state index contributed by atoms with van der Waals surface area (Å²) in [4.78, 5) is 12.9. The van der Waals surface area contributed by atoms with E-state index in [0.29, 0.717) is 36.1 Å². The van der Waals surface area contributed by atoms with Crippen LogP contribution in [-0.2, 0) is 16.6 Å². The second-order valence-electron chi connectivity index (χ2n) is 8.89. The molecule has 1 aromatic heterocycles. The van der Waals surface area contributed by atoms with Gasteiger partial charge in [-0.15, -0.1) is 10.2 Å². The maximum absolute atomic E-state index is 13.2. The molecule has 36 heavy (non-hydrogen) atoms. The topological polar surface area (TPSA) is 120 Å². The standard InChI is InChI=1S/C26H37N5O4S/c1-5-8-9-10-11-14-17-31-26(33)24(19(4)29-31)27-28-25-21-16-13-12-15-20(21)23(18-22(25)32)36(34,35)30(6-2)7-3/h12-13,15-16,18,29,32H,5-11,14,17H2,1-4H3. The largest absolute Gasteiger partial charge is 0.506 e. The number of aryl methyl sites for hydroxylation is 2. The predicted molar refractivity (Wildman–Crippen MR) is 143 cm³/mol. The fraction of sp³-hybridized carbons (Fsp3) is 0.500. The van der Waals surface area contributed by atoms with E-state index in [4.69, 9.17) is 0 Å². The lowest BCUT2D eigenvalue weighted by Crippen LogP contribution is -2.30. The molecular formula is C26H37N5O4S. The lowest BCUT2D eigenvalue weighted by Gasteiger charge is -2.20. The van der Waals surface area contributed by atoms with E-state index < -0.39 is 10.0 Å². The van der Waals surface area contributed by atoms with Crippen LogP contribution in [0.15, 0.2) is 50.3 Å². The zero-order chi connectivity index (χ0) is 26.3. The van der Waals surface area contributed by atoms with Crippen LogP contribution in [0.1, 0.15) is 65.0 Å². The van der Waals surface area contributed by atoms with Gasteiger partial charge in [0.1, 0.15) is 11.4 Å². The van der Waals surface area contributed by atoms with Gasteiger partial charge >= 0.3 is 0 Å². The van der Waals surface area contributed by atoms with E-state index in [1.54, 1.807) is 49.7 Å². The van der Waals surface area contributed by atoms with E-state index in [9.17, 15) is 18.3 Å². The molecule has 0 saturated carbocycles. The number of rotatable bonds is 13. The van der Waals surface area contributed by atoms with Crippen LogP contribution in [0.4, 0.5) is 11.4 Å². The number of benzene rings is 2. The molecule has 3 aromatic rings. The quantitative estimate of drug-likeness (QED) is 0.209. The minimum Gasteiger partial charge on any atom is -0.506 e. The van der Waals surface area contributed by atoms with Gasteiger partial charge in [-0.1, -0.05) is 77.1 Å². The summed E-state index contributed by atoms with van der Waals surface area (Å²) < 4.78 is 29.3. The predicted octanol–water partition coefficient (Wildman–Crippen LogP) is 6.15. The van der Waals surface area contributed by atoms with Gasteiger partial charge in [-0.05, 0) is 13.3 Å². The number of nitrogens with one attached hydrogen (secondary N) is 1. The molecule has 2 aromatic carbocycles. The van der Waals surface area contributed by atoms with Crippen molar-refractivity contribution >= 4 is 32.2 Å². The summed E-state index contributed by atoms with van der Waals surface area (Å²) >= 11 is 0. The van der Waals surface area contributed by atoms with Gasteiger partial charge in [0, 0.05) is 36.5 Å². The monoisotopic (exact) mass is 515 g/mol. The molecule has 9 nitrogen and oxygen atoms in total. The van der Waals surface area contributed by atoms with E-state index in [1.165, 1.54) is 29.6 Å². The van der Waals surface area contributed by atoms with Crippen LogP contribution in [0.2, 0.25) is 0 Å². The molecular weight excluding hydrogens is 478 g/mol. The van der Waals surface area contributed by atoms with Crippen molar-refractivity contribution in [2.75, 3.05) is 13.1 Å². The number of phenols is 1. The molecule has 0 aliphatic heterocycles. The number of azo groups is 1. The smallest absolute Gasteiger partial charge is 0.294 e. The Morgan fingerprint density at radius 1 is 0.944 bits per heavy atom. The van der Waals surface area contributed by atoms with Crippen molar-refractivity contribution in [3.63, 3.8) is 0 Å². The van der Waals surface area contributed by atoms with Gasteiger partial charge in [-0.3, -0.25) is 14.6 Å². The molecule has 0 atom stereocenters. The fourth-order valence-corrected chi connectivity index (χ4v) is 6.03. The van der Waals surface area contributed by atoms with Crippen molar-refractivity contribution in [2.24, 2.45) is 10.2 Å². The summed E-state index contributed by atoms with van der Waals surface area (Å²) in [5, 5.41) is 23.1. The van der Waals surface area contributed by atoms with Crippen LogP contribution in [0, 0.1) is 6.92 Å². The average Bonchev–Trinajstić information content (AvgIpc) is 3.13. The van der Waals surface area contributed by atoms with Crippen LogP contribution in [-0.4, -0.2) is 40.7 Å². The van der Waals surface area contributed by atoms with Crippen LogP contribution in [0.5, 0.6) is 5.75 Å². The second kappa shape index (κ2) is 12.3. The highest BCUT2D eigenvalue weighted by molar-refractivity contribution is 7.89. The first kappa shape index (κ1) is 27.6.